The van der Waals surface area contributed by atoms with Gasteiger partial charge in [0.15, 0.2) is 5.96 Å². The minimum absolute atomic E-state index is 0.122. The Morgan fingerprint density at radius 1 is 1.09 bits per heavy atom. The molecule has 3 aliphatic rings. The van der Waals surface area contributed by atoms with Crippen molar-refractivity contribution in [3.63, 3.8) is 0 Å². The maximum atomic E-state index is 13.6. The quantitative estimate of drug-likeness (QED) is 0.615. The molecule has 1 aliphatic carbocycles. The smallest absolute Gasteiger partial charge is 0.259 e. The normalized spacial score (nSPS) is 25.3. The number of nitrogens with zero attached hydrogens (tertiary/aromatic N) is 2. The molecule has 1 unspecified atom stereocenters. The second-order valence-corrected chi connectivity index (χ2v) is 10.8. The summed E-state index contributed by atoms with van der Waals surface area (Å²) in [6.45, 7) is 3.73. The van der Waals surface area contributed by atoms with Gasteiger partial charge in [-0.2, -0.15) is 0 Å². The fourth-order valence-electron chi connectivity index (χ4n) is 5.82. The van der Waals surface area contributed by atoms with Gasteiger partial charge in [-0.15, -0.1) is 0 Å². The first-order valence-electron chi connectivity index (χ1n) is 12.7. The first kappa shape index (κ1) is 23.9. The zero-order chi connectivity index (χ0) is 24.6. The van der Waals surface area contributed by atoms with Crippen molar-refractivity contribution in [2.75, 3.05) is 19.6 Å². The molecule has 2 aromatic carbocycles. The highest BCUT2D eigenvalue weighted by atomic mass is 35.5. The Morgan fingerprint density at radius 2 is 1.80 bits per heavy atom. The standard InChI is InChI=1S/C28H33ClN4O2/c1-28(23-11-5-9-21(15-23)22-10-6-12-24(29)16-22)26(35)33(27(30)31-28)18-19-13-14-32(17-19)25(34)20-7-3-2-4-8-20/h5-6,9-12,15-16,19-20H,2-4,7-8,13-14,17-18H2,1H3,(H2,30,31)/t19-,28?/m0/s1. The molecule has 0 spiro atoms. The second kappa shape index (κ2) is 9.65. The van der Waals surface area contributed by atoms with Gasteiger partial charge < -0.3 is 10.2 Å². The fraction of sp³-hybridized carbons (Fsp3) is 0.464. The molecule has 184 valence electrons. The number of rotatable bonds is 5. The molecule has 2 aromatic rings. The van der Waals surface area contributed by atoms with Crippen LogP contribution in [-0.4, -0.2) is 47.2 Å². The molecular formula is C28H33ClN4O2. The molecule has 35 heavy (non-hydrogen) atoms. The molecule has 1 saturated carbocycles. The van der Waals surface area contributed by atoms with E-state index in [1.807, 2.05) is 60.4 Å². The lowest BCUT2D eigenvalue weighted by molar-refractivity contribution is -0.135. The fourth-order valence-corrected chi connectivity index (χ4v) is 6.01. The van der Waals surface area contributed by atoms with Gasteiger partial charge in [-0.05, 0) is 67.0 Å². The third-order valence-electron chi connectivity index (χ3n) is 7.90. The van der Waals surface area contributed by atoms with Crippen molar-refractivity contribution in [1.29, 1.82) is 5.41 Å². The van der Waals surface area contributed by atoms with Crippen LogP contribution in [0.5, 0.6) is 0 Å². The largest absolute Gasteiger partial charge is 0.342 e. The molecule has 2 aliphatic heterocycles. The summed E-state index contributed by atoms with van der Waals surface area (Å²) in [4.78, 5) is 30.1. The lowest BCUT2D eigenvalue weighted by Gasteiger charge is -2.27. The first-order chi connectivity index (χ1) is 16.8. The topological polar surface area (TPSA) is 76.5 Å². The Morgan fingerprint density at radius 3 is 2.54 bits per heavy atom. The van der Waals surface area contributed by atoms with Crippen LogP contribution in [0.25, 0.3) is 11.1 Å². The summed E-state index contributed by atoms with van der Waals surface area (Å²) in [6, 6.07) is 15.5. The van der Waals surface area contributed by atoms with E-state index in [-0.39, 0.29) is 29.6 Å². The number of halogens is 1. The van der Waals surface area contributed by atoms with Gasteiger partial charge in [-0.1, -0.05) is 61.2 Å². The summed E-state index contributed by atoms with van der Waals surface area (Å²) in [5.41, 5.74) is 1.75. The Balaban J connectivity index is 1.28. The Hall–Kier alpha value is -2.86. The number of hydrogen-bond donors (Lipinski definition) is 2. The van der Waals surface area contributed by atoms with Gasteiger partial charge in [-0.25, -0.2) is 0 Å². The van der Waals surface area contributed by atoms with Crippen LogP contribution in [0.3, 0.4) is 0 Å². The first-order valence-corrected chi connectivity index (χ1v) is 13.1. The maximum absolute atomic E-state index is 13.6. The molecule has 2 atom stereocenters. The predicted octanol–water partition coefficient (Wildman–Crippen LogP) is 5.02. The molecule has 7 heteroatoms. The lowest BCUT2D eigenvalue weighted by Crippen LogP contribution is -2.42. The van der Waals surface area contributed by atoms with Crippen molar-refractivity contribution in [2.24, 2.45) is 11.8 Å². The van der Waals surface area contributed by atoms with E-state index in [0.717, 1.165) is 55.3 Å². The van der Waals surface area contributed by atoms with Crippen molar-refractivity contribution in [1.82, 2.24) is 15.1 Å². The highest BCUT2D eigenvalue weighted by Gasteiger charge is 2.48. The van der Waals surface area contributed by atoms with Crippen LogP contribution < -0.4 is 5.32 Å². The average molecular weight is 493 g/mol. The van der Waals surface area contributed by atoms with Crippen LogP contribution in [0.1, 0.15) is 51.0 Å². The van der Waals surface area contributed by atoms with E-state index >= 15 is 0 Å². The molecule has 2 amide bonds. The molecule has 0 radical (unpaired) electrons. The van der Waals surface area contributed by atoms with Crippen molar-refractivity contribution in [3.8, 4) is 11.1 Å². The molecule has 0 bridgehead atoms. The monoisotopic (exact) mass is 492 g/mol. The van der Waals surface area contributed by atoms with Gasteiger partial charge in [0, 0.05) is 30.6 Å². The third kappa shape index (κ3) is 4.68. The lowest BCUT2D eigenvalue weighted by atomic mass is 9.88. The molecule has 0 aromatic heterocycles. The van der Waals surface area contributed by atoms with Crippen LogP contribution in [0.4, 0.5) is 0 Å². The highest BCUT2D eigenvalue weighted by molar-refractivity contribution is 6.30. The van der Waals surface area contributed by atoms with E-state index in [9.17, 15) is 9.59 Å². The number of carbonyl (C=O) groups is 2. The summed E-state index contributed by atoms with van der Waals surface area (Å²) in [6.07, 6.45) is 6.42. The van der Waals surface area contributed by atoms with Crippen molar-refractivity contribution < 1.29 is 9.59 Å². The summed E-state index contributed by atoms with van der Waals surface area (Å²) in [5.74, 6) is 0.654. The minimum Gasteiger partial charge on any atom is -0.342 e. The Bertz CT molecular complexity index is 1150. The van der Waals surface area contributed by atoms with E-state index in [2.05, 4.69) is 5.32 Å². The van der Waals surface area contributed by atoms with Crippen LogP contribution in [0, 0.1) is 17.2 Å². The average Bonchev–Trinajstić information content (AvgIpc) is 3.43. The molecule has 2 saturated heterocycles. The van der Waals surface area contributed by atoms with Crippen molar-refractivity contribution in [3.05, 3.63) is 59.1 Å². The van der Waals surface area contributed by atoms with Gasteiger partial charge in [-0.3, -0.25) is 19.9 Å². The summed E-state index contributed by atoms with van der Waals surface area (Å²) in [5, 5.41) is 12.4. The Labute approximate surface area is 212 Å². The van der Waals surface area contributed by atoms with Crippen LogP contribution in [0.15, 0.2) is 48.5 Å². The number of guanidine groups is 1. The molecule has 3 fully saturated rings. The molecule has 6 nitrogen and oxygen atoms in total. The molecule has 5 rings (SSSR count). The third-order valence-corrected chi connectivity index (χ3v) is 8.14. The summed E-state index contributed by atoms with van der Waals surface area (Å²) < 4.78 is 0. The van der Waals surface area contributed by atoms with Gasteiger partial charge in [0.05, 0.1) is 0 Å². The van der Waals surface area contributed by atoms with Gasteiger partial charge in [0.2, 0.25) is 5.91 Å². The summed E-state index contributed by atoms with van der Waals surface area (Å²) >= 11 is 6.18. The van der Waals surface area contributed by atoms with E-state index in [1.54, 1.807) is 4.90 Å². The van der Waals surface area contributed by atoms with Crippen LogP contribution >= 0.6 is 11.6 Å². The van der Waals surface area contributed by atoms with E-state index in [0.29, 0.717) is 18.1 Å². The zero-order valence-corrected chi connectivity index (χ0v) is 21.0. The highest BCUT2D eigenvalue weighted by Crippen LogP contribution is 2.34. The number of hydrogen-bond acceptors (Lipinski definition) is 3. The van der Waals surface area contributed by atoms with Crippen molar-refractivity contribution in [2.45, 2.75) is 51.0 Å². The number of carbonyl (C=O) groups excluding carboxylic acids is 2. The Kier molecular flexibility index (Phi) is 6.58. The summed E-state index contributed by atoms with van der Waals surface area (Å²) in [7, 11) is 0. The zero-order valence-electron chi connectivity index (χ0n) is 20.2. The van der Waals surface area contributed by atoms with Gasteiger partial charge >= 0.3 is 0 Å². The molecule has 2 N–H and O–H groups in total. The molecule has 2 heterocycles. The van der Waals surface area contributed by atoms with Gasteiger partial charge in [0.1, 0.15) is 5.54 Å². The predicted molar refractivity (Wildman–Crippen MR) is 138 cm³/mol. The number of nitrogens with one attached hydrogen (secondary N) is 2. The number of likely N-dealkylation sites (tertiary alicyclic amines) is 1. The second-order valence-electron chi connectivity index (χ2n) is 10.4. The minimum atomic E-state index is -1.01. The maximum Gasteiger partial charge on any atom is 0.259 e. The van der Waals surface area contributed by atoms with E-state index < -0.39 is 5.54 Å². The van der Waals surface area contributed by atoms with Crippen LogP contribution in [0.2, 0.25) is 5.02 Å². The number of amides is 2. The molecular weight excluding hydrogens is 460 g/mol. The van der Waals surface area contributed by atoms with Gasteiger partial charge in [0.25, 0.3) is 5.91 Å². The number of benzene rings is 2. The SMILES string of the molecule is CC1(c2cccc(-c3cccc(Cl)c3)c2)NC(=N)N(C[C@H]2CCN(C(=O)C3CCCCC3)C2)C1=O. The van der Waals surface area contributed by atoms with Crippen LogP contribution in [-0.2, 0) is 15.1 Å². The van der Waals surface area contributed by atoms with E-state index in [4.69, 9.17) is 17.0 Å². The van der Waals surface area contributed by atoms with E-state index in [1.165, 1.54) is 6.42 Å². The van der Waals surface area contributed by atoms with Crippen molar-refractivity contribution >= 4 is 29.4 Å².